The molecule has 78 valence electrons. The highest BCUT2D eigenvalue weighted by Crippen LogP contribution is 2.15. The van der Waals surface area contributed by atoms with Crippen molar-refractivity contribution in [2.75, 3.05) is 13.7 Å². The van der Waals surface area contributed by atoms with E-state index in [-0.39, 0.29) is 12.4 Å². The van der Waals surface area contributed by atoms with Crippen LogP contribution in [0.25, 0.3) is 0 Å². The van der Waals surface area contributed by atoms with E-state index in [4.69, 9.17) is 4.74 Å². The van der Waals surface area contributed by atoms with Crippen LogP contribution < -0.4 is 0 Å². The normalized spacial score (nSPS) is 10.6. The molecule has 0 spiro atoms. The van der Waals surface area contributed by atoms with Crippen molar-refractivity contribution >= 4 is 5.78 Å². The van der Waals surface area contributed by atoms with Crippen molar-refractivity contribution < 1.29 is 9.53 Å². The molecule has 3 heteroatoms. The standard InChI is InChI=1S/C11H17NO2/c1-5-12-8(2)6-10(9(12)3)11(13)7-14-4/h6H,5,7H2,1-4H3. The van der Waals surface area contributed by atoms with Gasteiger partial charge in [-0.15, -0.1) is 0 Å². The van der Waals surface area contributed by atoms with Gasteiger partial charge < -0.3 is 9.30 Å². The van der Waals surface area contributed by atoms with E-state index in [2.05, 4.69) is 11.5 Å². The number of ether oxygens (including phenoxy) is 1. The number of rotatable bonds is 4. The second-order valence-corrected chi connectivity index (χ2v) is 3.39. The van der Waals surface area contributed by atoms with Crippen LogP contribution in [0.3, 0.4) is 0 Å². The van der Waals surface area contributed by atoms with Crippen LogP contribution in [0.15, 0.2) is 6.07 Å². The molecule has 0 radical (unpaired) electrons. The van der Waals surface area contributed by atoms with Crippen LogP contribution in [0.5, 0.6) is 0 Å². The molecule has 0 unspecified atom stereocenters. The second-order valence-electron chi connectivity index (χ2n) is 3.39. The summed E-state index contributed by atoms with van der Waals surface area (Å²) in [4.78, 5) is 11.6. The van der Waals surface area contributed by atoms with Crippen LogP contribution in [0.2, 0.25) is 0 Å². The Hall–Kier alpha value is -1.09. The molecule has 0 fully saturated rings. The Kier molecular flexibility index (Phi) is 3.47. The highest BCUT2D eigenvalue weighted by molar-refractivity contribution is 5.98. The van der Waals surface area contributed by atoms with Crippen molar-refractivity contribution in [3.63, 3.8) is 0 Å². The Balaban J connectivity index is 3.04. The number of methoxy groups -OCH3 is 1. The zero-order valence-electron chi connectivity index (χ0n) is 9.26. The highest BCUT2D eigenvalue weighted by atomic mass is 16.5. The summed E-state index contributed by atoms with van der Waals surface area (Å²) in [5.41, 5.74) is 2.95. The van der Waals surface area contributed by atoms with E-state index in [0.29, 0.717) is 0 Å². The topological polar surface area (TPSA) is 31.2 Å². The van der Waals surface area contributed by atoms with Gasteiger partial charge in [0.05, 0.1) is 0 Å². The maximum absolute atomic E-state index is 11.6. The average molecular weight is 195 g/mol. The number of nitrogens with zero attached hydrogens (tertiary/aromatic N) is 1. The van der Waals surface area contributed by atoms with Gasteiger partial charge in [-0.2, -0.15) is 0 Å². The molecule has 1 heterocycles. The molecule has 14 heavy (non-hydrogen) atoms. The first-order chi connectivity index (χ1) is 6.61. The van der Waals surface area contributed by atoms with Gasteiger partial charge in [-0.1, -0.05) is 0 Å². The van der Waals surface area contributed by atoms with Gasteiger partial charge in [0.25, 0.3) is 0 Å². The largest absolute Gasteiger partial charge is 0.377 e. The molecule has 0 aromatic carbocycles. The van der Waals surface area contributed by atoms with Gasteiger partial charge in [-0.05, 0) is 26.8 Å². The maximum Gasteiger partial charge on any atom is 0.190 e. The summed E-state index contributed by atoms with van der Waals surface area (Å²) in [5, 5.41) is 0. The van der Waals surface area contributed by atoms with Crippen molar-refractivity contribution in [1.82, 2.24) is 4.57 Å². The minimum Gasteiger partial charge on any atom is -0.377 e. The predicted molar refractivity (Wildman–Crippen MR) is 55.8 cm³/mol. The molecule has 0 atom stereocenters. The maximum atomic E-state index is 11.6. The lowest BCUT2D eigenvalue weighted by Gasteiger charge is -2.05. The Bertz CT molecular complexity index is 339. The summed E-state index contributed by atoms with van der Waals surface area (Å²) in [5.74, 6) is 0.0558. The van der Waals surface area contributed by atoms with Crippen LogP contribution in [-0.2, 0) is 11.3 Å². The fraction of sp³-hybridized carbons (Fsp3) is 0.545. The fourth-order valence-electron chi connectivity index (χ4n) is 1.78. The third-order valence-electron chi connectivity index (χ3n) is 2.47. The molecule has 0 N–H and O–H groups in total. The number of carbonyl (C=O) groups excluding carboxylic acids is 1. The van der Waals surface area contributed by atoms with Crippen LogP contribution in [0.4, 0.5) is 0 Å². The molecule has 0 aliphatic carbocycles. The summed E-state index contributed by atoms with van der Waals surface area (Å²) in [6.07, 6.45) is 0. The molecule has 0 saturated carbocycles. The predicted octanol–water partition coefficient (Wildman–Crippen LogP) is 1.95. The summed E-state index contributed by atoms with van der Waals surface area (Å²) < 4.78 is 6.96. The van der Waals surface area contributed by atoms with E-state index < -0.39 is 0 Å². The van der Waals surface area contributed by atoms with E-state index in [1.165, 1.54) is 7.11 Å². The first-order valence-corrected chi connectivity index (χ1v) is 4.80. The Labute approximate surface area is 84.7 Å². The molecule has 0 aliphatic rings. The zero-order chi connectivity index (χ0) is 10.7. The summed E-state index contributed by atoms with van der Waals surface area (Å²) in [6, 6.07) is 1.93. The number of carbonyl (C=O) groups is 1. The van der Waals surface area contributed by atoms with Gasteiger partial charge in [0.2, 0.25) is 0 Å². The number of hydrogen-bond donors (Lipinski definition) is 0. The van der Waals surface area contributed by atoms with Crippen molar-refractivity contribution in [2.45, 2.75) is 27.3 Å². The van der Waals surface area contributed by atoms with Gasteiger partial charge in [0.15, 0.2) is 5.78 Å². The summed E-state index contributed by atoms with van der Waals surface area (Å²) >= 11 is 0. The first-order valence-electron chi connectivity index (χ1n) is 4.80. The van der Waals surface area contributed by atoms with E-state index in [9.17, 15) is 4.79 Å². The molecule has 3 nitrogen and oxygen atoms in total. The third kappa shape index (κ3) is 1.87. The minimum atomic E-state index is 0.0558. The van der Waals surface area contributed by atoms with Crippen molar-refractivity contribution in [3.05, 3.63) is 23.0 Å². The molecule has 1 aromatic heterocycles. The SMILES string of the molecule is CCn1c(C)cc(C(=O)COC)c1C. The van der Waals surface area contributed by atoms with Crippen LogP contribution in [0, 0.1) is 13.8 Å². The van der Waals surface area contributed by atoms with Crippen molar-refractivity contribution in [3.8, 4) is 0 Å². The summed E-state index contributed by atoms with van der Waals surface area (Å²) in [6.45, 7) is 7.12. The van der Waals surface area contributed by atoms with E-state index >= 15 is 0 Å². The lowest BCUT2D eigenvalue weighted by Crippen LogP contribution is -2.08. The lowest BCUT2D eigenvalue weighted by atomic mass is 10.1. The van der Waals surface area contributed by atoms with Crippen molar-refractivity contribution in [1.29, 1.82) is 0 Å². The van der Waals surface area contributed by atoms with Gasteiger partial charge >= 0.3 is 0 Å². The van der Waals surface area contributed by atoms with E-state index in [1.54, 1.807) is 0 Å². The molecule has 1 rings (SSSR count). The number of ketones is 1. The molecular weight excluding hydrogens is 178 g/mol. The molecule has 0 aliphatic heterocycles. The van der Waals surface area contributed by atoms with Gasteiger partial charge in [-0.25, -0.2) is 0 Å². The molecule has 0 saturated heterocycles. The Morgan fingerprint density at radius 2 is 2.14 bits per heavy atom. The molecule has 1 aromatic rings. The van der Waals surface area contributed by atoms with Gasteiger partial charge in [0, 0.05) is 30.6 Å². The van der Waals surface area contributed by atoms with Crippen LogP contribution in [-0.4, -0.2) is 24.1 Å². The van der Waals surface area contributed by atoms with Gasteiger partial charge in [-0.3, -0.25) is 4.79 Å². The van der Waals surface area contributed by atoms with E-state index in [1.807, 2.05) is 19.9 Å². The van der Waals surface area contributed by atoms with Crippen LogP contribution in [0.1, 0.15) is 28.7 Å². The Morgan fingerprint density at radius 3 is 2.57 bits per heavy atom. The smallest absolute Gasteiger partial charge is 0.190 e. The third-order valence-corrected chi connectivity index (χ3v) is 2.47. The number of aromatic nitrogens is 1. The van der Waals surface area contributed by atoms with E-state index in [0.717, 1.165) is 23.5 Å². The lowest BCUT2D eigenvalue weighted by molar-refractivity contribution is 0.0847. The number of hydrogen-bond acceptors (Lipinski definition) is 2. The highest BCUT2D eigenvalue weighted by Gasteiger charge is 2.13. The fourth-order valence-corrected chi connectivity index (χ4v) is 1.78. The van der Waals surface area contributed by atoms with Gasteiger partial charge in [0.1, 0.15) is 6.61 Å². The second kappa shape index (κ2) is 4.42. The summed E-state index contributed by atoms with van der Waals surface area (Å²) in [7, 11) is 1.54. The zero-order valence-corrected chi connectivity index (χ0v) is 9.26. The minimum absolute atomic E-state index is 0.0558. The van der Waals surface area contributed by atoms with Crippen LogP contribution >= 0.6 is 0 Å². The first kappa shape index (κ1) is 11.0. The van der Waals surface area contributed by atoms with Crippen molar-refractivity contribution in [2.24, 2.45) is 0 Å². The molecular formula is C11H17NO2. The Morgan fingerprint density at radius 1 is 1.50 bits per heavy atom. The number of Topliss-reactive ketones (excluding diaryl/α,β-unsaturated/α-hetero) is 1. The molecule has 0 bridgehead atoms. The quantitative estimate of drug-likeness (QED) is 0.688. The molecule has 0 amide bonds. The number of aryl methyl sites for hydroxylation is 1. The monoisotopic (exact) mass is 195 g/mol. The average Bonchev–Trinajstić information content (AvgIpc) is 2.42.